The maximum Gasteiger partial charge on any atom is 0.122 e. The van der Waals surface area contributed by atoms with Gasteiger partial charge in [0, 0.05) is 6.04 Å². The number of hydrogen-bond donors (Lipinski definition) is 1. The monoisotopic (exact) mass is 221 g/mol. The van der Waals surface area contributed by atoms with Crippen LogP contribution in [0.5, 0.6) is 5.75 Å². The molecule has 1 aromatic carbocycles. The predicted molar refractivity (Wildman–Crippen MR) is 69.2 cm³/mol. The highest BCUT2D eigenvalue weighted by molar-refractivity contribution is 5.36. The van der Waals surface area contributed by atoms with Crippen LogP contribution in [0.4, 0.5) is 0 Å². The second-order valence-electron chi connectivity index (χ2n) is 4.53. The minimum absolute atomic E-state index is 0.569. The molecule has 0 fully saturated rings. The van der Waals surface area contributed by atoms with Gasteiger partial charge in [-0.2, -0.15) is 0 Å². The summed E-state index contributed by atoms with van der Waals surface area (Å²) in [4.78, 5) is 0. The van der Waals surface area contributed by atoms with E-state index in [2.05, 4.69) is 44.3 Å². The fourth-order valence-corrected chi connectivity index (χ4v) is 1.77. The van der Waals surface area contributed by atoms with E-state index in [1.54, 1.807) is 7.11 Å². The van der Waals surface area contributed by atoms with E-state index in [4.69, 9.17) is 4.74 Å². The SMILES string of the molecule is COc1ccc(C)cc1CCCNC(C)C. The van der Waals surface area contributed by atoms with Crippen molar-refractivity contribution in [1.29, 1.82) is 0 Å². The van der Waals surface area contributed by atoms with Crippen molar-refractivity contribution in [2.24, 2.45) is 0 Å². The van der Waals surface area contributed by atoms with Crippen molar-refractivity contribution in [3.05, 3.63) is 29.3 Å². The Hall–Kier alpha value is -1.02. The molecule has 0 aromatic heterocycles. The topological polar surface area (TPSA) is 21.3 Å². The average molecular weight is 221 g/mol. The number of ether oxygens (including phenoxy) is 1. The molecule has 2 heteroatoms. The second kappa shape index (κ2) is 6.54. The molecule has 0 amide bonds. The van der Waals surface area contributed by atoms with Crippen LogP contribution in [-0.4, -0.2) is 19.7 Å². The first kappa shape index (κ1) is 13.0. The van der Waals surface area contributed by atoms with Crippen molar-refractivity contribution in [2.75, 3.05) is 13.7 Å². The Morgan fingerprint density at radius 1 is 1.31 bits per heavy atom. The number of rotatable bonds is 6. The fourth-order valence-electron chi connectivity index (χ4n) is 1.77. The Balaban J connectivity index is 2.48. The summed E-state index contributed by atoms with van der Waals surface area (Å²) < 4.78 is 5.36. The Morgan fingerprint density at radius 2 is 2.06 bits per heavy atom. The van der Waals surface area contributed by atoms with E-state index < -0.39 is 0 Å². The second-order valence-corrected chi connectivity index (χ2v) is 4.53. The molecule has 1 rings (SSSR count). The molecule has 0 radical (unpaired) electrons. The smallest absolute Gasteiger partial charge is 0.122 e. The molecule has 0 spiro atoms. The van der Waals surface area contributed by atoms with Crippen LogP contribution >= 0.6 is 0 Å². The largest absolute Gasteiger partial charge is 0.496 e. The molecule has 0 aliphatic carbocycles. The Bertz CT molecular complexity index is 321. The van der Waals surface area contributed by atoms with E-state index in [-0.39, 0.29) is 0 Å². The number of methoxy groups -OCH3 is 1. The van der Waals surface area contributed by atoms with E-state index in [0.29, 0.717) is 6.04 Å². The average Bonchev–Trinajstić information content (AvgIpc) is 2.24. The molecule has 0 bridgehead atoms. The summed E-state index contributed by atoms with van der Waals surface area (Å²) in [5.41, 5.74) is 2.61. The van der Waals surface area contributed by atoms with Crippen LogP contribution in [0.15, 0.2) is 18.2 Å². The summed E-state index contributed by atoms with van der Waals surface area (Å²) in [5.74, 6) is 1.01. The third-order valence-electron chi connectivity index (χ3n) is 2.61. The molecule has 2 nitrogen and oxygen atoms in total. The molecule has 1 aromatic rings. The summed E-state index contributed by atoms with van der Waals surface area (Å²) in [6.45, 7) is 7.53. The zero-order valence-electron chi connectivity index (χ0n) is 10.8. The Morgan fingerprint density at radius 3 is 2.69 bits per heavy atom. The van der Waals surface area contributed by atoms with Gasteiger partial charge in [-0.25, -0.2) is 0 Å². The van der Waals surface area contributed by atoms with Gasteiger partial charge in [-0.1, -0.05) is 31.5 Å². The van der Waals surface area contributed by atoms with E-state index in [9.17, 15) is 0 Å². The number of aryl methyl sites for hydroxylation is 2. The molecule has 1 N–H and O–H groups in total. The van der Waals surface area contributed by atoms with Crippen molar-refractivity contribution in [2.45, 2.75) is 39.7 Å². The maximum absolute atomic E-state index is 5.36. The van der Waals surface area contributed by atoms with Gasteiger partial charge in [0.05, 0.1) is 7.11 Å². The first-order valence-electron chi connectivity index (χ1n) is 6.00. The molecule has 16 heavy (non-hydrogen) atoms. The predicted octanol–water partition coefficient (Wildman–Crippen LogP) is 2.93. The van der Waals surface area contributed by atoms with Gasteiger partial charge in [0.15, 0.2) is 0 Å². The minimum atomic E-state index is 0.569. The van der Waals surface area contributed by atoms with Crippen molar-refractivity contribution in [1.82, 2.24) is 5.32 Å². The Kier molecular flexibility index (Phi) is 5.33. The van der Waals surface area contributed by atoms with E-state index in [1.165, 1.54) is 11.1 Å². The number of nitrogens with one attached hydrogen (secondary N) is 1. The molecular formula is C14H23NO. The Labute approximate surface area is 99.0 Å². The molecule has 90 valence electrons. The van der Waals surface area contributed by atoms with Crippen molar-refractivity contribution >= 4 is 0 Å². The van der Waals surface area contributed by atoms with Gasteiger partial charge < -0.3 is 10.1 Å². The lowest BCUT2D eigenvalue weighted by Crippen LogP contribution is -2.23. The summed E-state index contributed by atoms with van der Waals surface area (Å²) in [5, 5.41) is 3.43. The zero-order chi connectivity index (χ0) is 12.0. The van der Waals surface area contributed by atoms with Gasteiger partial charge in [0.2, 0.25) is 0 Å². The van der Waals surface area contributed by atoms with Crippen molar-refractivity contribution in [3.8, 4) is 5.75 Å². The van der Waals surface area contributed by atoms with Crippen LogP contribution in [-0.2, 0) is 6.42 Å². The molecule has 0 aliphatic rings. The quantitative estimate of drug-likeness (QED) is 0.746. The van der Waals surface area contributed by atoms with E-state index in [1.807, 2.05) is 0 Å². The van der Waals surface area contributed by atoms with E-state index >= 15 is 0 Å². The van der Waals surface area contributed by atoms with Crippen LogP contribution in [0, 0.1) is 6.92 Å². The van der Waals surface area contributed by atoms with Crippen LogP contribution in [0.2, 0.25) is 0 Å². The molecule has 0 saturated carbocycles. The summed E-state index contributed by atoms with van der Waals surface area (Å²) in [6.07, 6.45) is 2.22. The minimum Gasteiger partial charge on any atom is -0.496 e. The van der Waals surface area contributed by atoms with Crippen LogP contribution < -0.4 is 10.1 Å². The summed E-state index contributed by atoms with van der Waals surface area (Å²) >= 11 is 0. The first-order valence-corrected chi connectivity index (χ1v) is 6.00. The highest BCUT2D eigenvalue weighted by Gasteiger charge is 2.02. The van der Waals surface area contributed by atoms with Gasteiger partial charge in [-0.3, -0.25) is 0 Å². The summed E-state index contributed by atoms with van der Waals surface area (Å²) in [6, 6.07) is 6.93. The highest BCUT2D eigenvalue weighted by Crippen LogP contribution is 2.20. The molecule has 0 heterocycles. The molecule has 0 saturated heterocycles. The van der Waals surface area contributed by atoms with Crippen LogP contribution in [0.25, 0.3) is 0 Å². The normalized spacial score (nSPS) is 10.8. The van der Waals surface area contributed by atoms with Gasteiger partial charge in [-0.15, -0.1) is 0 Å². The lowest BCUT2D eigenvalue weighted by molar-refractivity contribution is 0.408. The first-order chi connectivity index (χ1) is 7.63. The van der Waals surface area contributed by atoms with Crippen molar-refractivity contribution < 1.29 is 4.74 Å². The molecule has 0 aliphatic heterocycles. The van der Waals surface area contributed by atoms with Gasteiger partial charge in [-0.05, 0) is 37.9 Å². The number of benzene rings is 1. The standard InChI is InChI=1S/C14H23NO/c1-11(2)15-9-5-6-13-10-12(3)7-8-14(13)16-4/h7-8,10-11,15H,5-6,9H2,1-4H3. The highest BCUT2D eigenvalue weighted by atomic mass is 16.5. The van der Waals surface area contributed by atoms with Gasteiger partial charge in [0.25, 0.3) is 0 Å². The van der Waals surface area contributed by atoms with Gasteiger partial charge >= 0.3 is 0 Å². The number of hydrogen-bond acceptors (Lipinski definition) is 2. The van der Waals surface area contributed by atoms with Gasteiger partial charge in [0.1, 0.15) is 5.75 Å². The zero-order valence-corrected chi connectivity index (χ0v) is 10.8. The van der Waals surface area contributed by atoms with E-state index in [0.717, 1.165) is 25.1 Å². The lowest BCUT2D eigenvalue weighted by atomic mass is 10.1. The fraction of sp³-hybridized carbons (Fsp3) is 0.571. The molecule has 0 atom stereocenters. The third kappa shape index (κ3) is 4.23. The van der Waals surface area contributed by atoms with Crippen molar-refractivity contribution in [3.63, 3.8) is 0 Å². The van der Waals surface area contributed by atoms with Crippen LogP contribution in [0.3, 0.4) is 0 Å². The lowest BCUT2D eigenvalue weighted by Gasteiger charge is -2.11. The van der Waals surface area contributed by atoms with Crippen LogP contribution in [0.1, 0.15) is 31.4 Å². The maximum atomic E-state index is 5.36. The summed E-state index contributed by atoms with van der Waals surface area (Å²) in [7, 11) is 1.74. The molecule has 0 unspecified atom stereocenters. The third-order valence-corrected chi connectivity index (χ3v) is 2.61. The molecular weight excluding hydrogens is 198 g/mol.